The topological polar surface area (TPSA) is 97.6 Å². The Kier molecular flexibility index (Phi) is 5.41. The van der Waals surface area contributed by atoms with Gasteiger partial charge in [0.1, 0.15) is 18.1 Å². The normalized spacial score (nSPS) is 18.0. The Hall–Kier alpha value is -2.61. The molecular weight excluding hydrogens is 334 g/mol. The summed E-state index contributed by atoms with van der Waals surface area (Å²) in [7, 11) is 3.40. The van der Waals surface area contributed by atoms with E-state index >= 15 is 0 Å². The molecule has 0 saturated carbocycles. The van der Waals surface area contributed by atoms with Gasteiger partial charge in [0, 0.05) is 39.0 Å². The molecule has 0 radical (unpaired) electrons. The molecule has 0 aliphatic carbocycles. The molecule has 8 heteroatoms. The SMILES string of the molecule is CN(C)C(=O)c1ccc(CN2CCC[C@@H](c3nccn3CC(N)=O)C2)o1. The van der Waals surface area contributed by atoms with Crippen LogP contribution in [0.5, 0.6) is 0 Å². The maximum Gasteiger partial charge on any atom is 0.289 e. The molecule has 2 N–H and O–H groups in total. The summed E-state index contributed by atoms with van der Waals surface area (Å²) in [6, 6.07) is 3.58. The summed E-state index contributed by atoms with van der Waals surface area (Å²) in [5.74, 6) is 1.77. The fourth-order valence-corrected chi connectivity index (χ4v) is 3.41. The molecule has 1 atom stereocenters. The quantitative estimate of drug-likeness (QED) is 0.831. The van der Waals surface area contributed by atoms with Gasteiger partial charge in [-0.15, -0.1) is 0 Å². The molecule has 1 fully saturated rings. The highest BCUT2D eigenvalue weighted by atomic mass is 16.4. The van der Waals surface area contributed by atoms with Crippen LogP contribution in [-0.2, 0) is 17.9 Å². The Morgan fingerprint density at radius 3 is 2.92 bits per heavy atom. The van der Waals surface area contributed by atoms with E-state index in [-0.39, 0.29) is 24.3 Å². The zero-order chi connectivity index (χ0) is 18.7. The van der Waals surface area contributed by atoms with E-state index in [9.17, 15) is 9.59 Å². The second kappa shape index (κ2) is 7.74. The standard InChI is InChI=1S/C18H25N5O3/c1-21(2)18(25)15-6-5-14(26-15)11-22-8-3-4-13(10-22)17-20-7-9-23(17)12-16(19)24/h5-7,9,13H,3-4,8,10-12H2,1-2H3,(H2,19,24)/t13-/m1/s1. The first-order valence-corrected chi connectivity index (χ1v) is 8.76. The molecular formula is C18H25N5O3. The van der Waals surface area contributed by atoms with Gasteiger partial charge in [-0.05, 0) is 31.5 Å². The number of likely N-dealkylation sites (tertiary alicyclic amines) is 1. The highest BCUT2D eigenvalue weighted by molar-refractivity contribution is 5.91. The number of hydrogen-bond donors (Lipinski definition) is 1. The van der Waals surface area contributed by atoms with Crippen molar-refractivity contribution >= 4 is 11.8 Å². The number of aromatic nitrogens is 2. The lowest BCUT2D eigenvalue weighted by atomic mass is 9.97. The highest BCUT2D eigenvalue weighted by Crippen LogP contribution is 2.27. The number of hydrogen-bond acceptors (Lipinski definition) is 5. The van der Waals surface area contributed by atoms with E-state index in [1.807, 2.05) is 10.6 Å². The van der Waals surface area contributed by atoms with E-state index in [0.717, 1.165) is 37.5 Å². The van der Waals surface area contributed by atoms with Crippen molar-refractivity contribution in [1.29, 1.82) is 0 Å². The van der Waals surface area contributed by atoms with Gasteiger partial charge in [0.15, 0.2) is 5.76 Å². The molecule has 0 aromatic carbocycles. The minimum atomic E-state index is -0.370. The van der Waals surface area contributed by atoms with Crippen molar-refractivity contribution in [3.8, 4) is 0 Å². The third kappa shape index (κ3) is 4.13. The van der Waals surface area contributed by atoms with E-state index in [0.29, 0.717) is 12.3 Å². The number of piperidine rings is 1. The first-order valence-electron chi connectivity index (χ1n) is 8.76. The van der Waals surface area contributed by atoms with Crippen LogP contribution in [0.1, 0.15) is 40.9 Å². The smallest absolute Gasteiger partial charge is 0.289 e. The van der Waals surface area contributed by atoms with Crippen LogP contribution < -0.4 is 5.73 Å². The van der Waals surface area contributed by atoms with E-state index in [2.05, 4.69) is 9.88 Å². The van der Waals surface area contributed by atoms with Gasteiger partial charge >= 0.3 is 0 Å². The maximum atomic E-state index is 12.0. The molecule has 3 rings (SSSR count). The predicted molar refractivity (Wildman–Crippen MR) is 95.4 cm³/mol. The van der Waals surface area contributed by atoms with Crippen molar-refractivity contribution < 1.29 is 14.0 Å². The average molecular weight is 359 g/mol. The van der Waals surface area contributed by atoms with Crippen LogP contribution in [0.3, 0.4) is 0 Å². The second-order valence-electron chi connectivity index (χ2n) is 6.92. The Balaban J connectivity index is 1.65. The van der Waals surface area contributed by atoms with Gasteiger partial charge < -0.3 is 19.6 Å². The summed E-state index contributed by atoms with van der Waals surface area (Å²) in [4.78, 5) is 31.4. The third-order valence-corrected chi connectivity index (χ3v) is 4.60. The van der Waals surface area contributed by atoms with E-state index < -0.39 is 0 Å². The highest BCUT2D eigenvalue weighted by Gasteiger charge is 2.26. The number of nitrogens with two attached hydrogens (primary N) is 1. The van der Waals surface area contributed by atoms with Gasteiger partial charge in [-0.1, -0.05) is 0 Å². The Labute approximate surface area is 152 Å². The van der Waals surface area contributed by atoms with Crippen molar-refractivity contribution in [3.63, 3.8) is 0 Å². The van der Waals surface area contributed by atoms with E-state index in [4.69, 9.17) is 10.2 Å². The molecule has 0 unspecified atom stereocenters. The Morgan fingerprint density at radius 1 is 1.38 bits per heavy atom. The Bertz CT molecular complexity index is 779. The molecule has 0 spiro atoms. The van der Waals surface area contributed by atoms with Crippen LogP contribution in [0, 0.1) is 0 Å². The number of primary amides is 1. The van der Waals surface area contributed by atoms with Crippen molar-refractivity contribution in [1.82, 2.24) is 19.4 Å². The minimum absolute atomic E-state index is 0.138. The first-order chi connectivity index (χ1) is 12.4. The van der Waals surface area contributed by atoms with Crippen LogP contribution in [0.15, 0.2) is 28.9 Å². The molecule has 8 nitrogen and oxygen atoms in total. The van der Waals surface area contributed by atoms with Crippen LogP contribution in [0.4, 0.5) is 0 Å². The monoisotopic (exact) mass is 359 g/mol. The van der Waals surface area contributed by atoms with Gasteiger partial charge in [0.25, 0.3) is 5.91 Å². The van der Waals surface area contributed by atoms with Crippen LogP contribution in [-0.4, -0.2) is 58.4 Å². The molecule has 0 bridgehead atoms. The fraction of sp³-hybridized carbons (Fsp3) is 0.500. The summed E-state index contributed by atoms with van der Waals surface area (Å²) in [5, 5.41) is 0. The predicted octanol–water partition coefficient (Wildman–Crippen LogP) is 1.04. The van der Waals surface area contributed by atoms with E-state index in [1.165, 1.54) is 4.90 Å². The largest absolute Gasteiger partial charge is 0.455 e. The summed E-state index contributed by atoms with van der Waals surface area (Å²) in [6.07, 6.45) is 5.57. The molecule has 140 valence electrons. The van der Waals surface area contributed by atoms with Crippen LogP contribution in [0.25, 0.3) is 0 Å². The van der Waals surface area contributed by atoms with Gasteiger partial charge in [0.05, 0.1) is 6.54 Å². The third-order valence-electron chi connectivity index (χ3n) is 4.60. The zero-order valence-electron chi connectivity index (χ0n) is 15.2. The van der Waals surface area contributed by atoms with Crippen LogP contribution in [0.2, 0.25) is 0 Å². The number of amides is 2. The fourth-order valence-electron chi connectivity index (χ4n) is 3.41. The van der Waals surface area contributed by atoms with Crippen molar-refractivity contribution in [2.45, 2.75) is 31.8 Å². The lowest BCUT2D eigenvalue weighted by Crippen LogP contribution is -2.35. The molecule has 1 saturated heterocycles. The maximum absolute atomic E-state index is 12.0. The summed E-state index contributed by atoms with van der Waals surface area (Å²) < 4.78 is 7.53. The summed E-state index contributed by atoms with van der Waals surface area (Å²) >= 11 is 0. The molecule has 26 heavy (non-hydrogen) atoms. The van der Waals surface area contributed by atoms with Gasteiger partial charge in [0.2, 0.25) is 5.91 Å². The number of imidazole rings is 1. The molecule has 1 aliphatic heterocycles. The number of nitrogens with zero attached hydrogens (tertiary/aromatic N) is 4. The lowest BCUT2D eigenvalue weighted by molar-refractivity contribution is -0.118. The number of carbonyl (C=O) groups is 2. The molecule has 3 heterocycles. The van der Waals surface area contributed by atoms with Crippen LogP contribution >= 0.6 is 0 Å². The first kappa shape index (κ1) is 18.2. The molecule has 2 aromatic heterocycles. The summed E-state index contributed by atoms with van der Waals surface area (Å²) in [6.45, 7) is 2.59. The zero-order valence-corrected chi connectivity index (χ0v) is 15.2. The van der Waals surface area contributed by atoms with Crippen molar-refractivity contribution in [2.24, 2.45) is 5.73 Å². The van der Waals surface area contributed by atoms with Gasteiger partial charge in [-0.3, -0.25) is 14.5 Å². The minimum Gasteiger partial charge on any atom is -0.455 e. The lowest BCUT2D eigenvalue weighted by Gasteiger charge is -2.32. The number of rotatable bonds is 6. The van der Waals surface area contributed by atoms with Crippen molar-refractivity contribution in [2.75, 3.05) is 27.2 Å². The van der Waals surface area contributed by atoms with Gasteiger partial charge in [-0.2, -0.15) is 0 Å². The molecule has 1 aliphatic rings. The number of furan rings is 1. The summed E-state index contributed by atoms with van der Waals surface area (Å²) in [5.41, 5.74) is 5.32. The second-order valence-corrected chi connectivity index (χ2v) is 6.92. The van der Waals surface area contributed by atoms with E-state index in [1.54, 1.807) is 32.6 Å². The molecule has 2 amide bonds. The number of carbonyl (C=O) groups excluding carboxylic acids is 2. The van der Waals surface area contributed by atoms with Gasteiger partial charge in [-0.25, -0.2) is 4.98 Å². The average Bonchev–Trinajstić information content (AvgIpc) is 3.23. The Morgan fingerprint density at radius 2 is 2.19 bits per heavy atom. The molecule has 2 aromatic rings. The van der Waals surface area contributed by atoms with Crippen molar-refractivity contribution in [3.05, 3.63) is 41.9 Å².